The highest BCUT2D eigenvalue weighted by Gasteiger charge is 2.06. The standard InChI is InChI=1S/C20H18N2/c1-15-9-3-5-11-17(15)18-12-6-8-14-20(18)22-21-19-13-7-4-10-16(19)2/h3-14H,1-2H3. The predicted octanol–water partition coefficient (Wildman–Crippen LogP) is 6.39. The van der Waals surface area contributed by atoms with E-state index in [1.807, 2.05) is 49.4 Å². The summed E-state index contributed by atoms with van der Waals surface area (Å²) >= 11 is 0. The van der Waals surface area contributed by atoms with Gasteiger partial charge >= 0.3 is 0 Å². The smallest absolute Gasteiger partial charge is 0.0935 e. The minimum atomic E-state index is 0.889. The first-order valence-corrected chi connectivity index (χ1v) is 7.38. The number of azo groups is 1. The minimum absolute atomic E-state index is 0.889. The zero-order chi connectivity index (χ0) is 15.4. The highest BCUT2D eigenvalue weighted by Crippen LogP contribution is 2.33. The molecule has 0 aliphatic heterocycles. The van der Waals surface area contributed by atoms with Crippen LogP contribution in [0.15, 0.2) is 83.0 Å². The van der Waals surface area contributed by atoms with E-state index < -0.39 is 0 Å². The van der Waals surface area contributed by atoms with Crippen molar-refractivity contribution in [2.75, 3.05) is 0 Å². The highest BCUT2D eigenvalue weighted by atomic mass is 15.1. The normalized spacial score (nSPS) is 11.0. The number of hydrogen-bond acceptors (Lipinski definition) is 2. The Morgan fingerprint density at radius 3 is 1.68 bits per heavy atom. The Balaban J connectivity index is 2.03. The van der Waals surface area contributed by atoms with E-state index in [0.717, 1.165) is 22.5 Å². The van der Waals surface area contributed by atoms with Crippen LogP contribution in [0, 0.1) is 13.8 Å². The second kappa shape index (κ2) is 6.35. The van der Waals surface area contributed by atoms with Crippen molar-refractivity contribution in [3.8, 4) is 11.1 Å². The van der Waals surface area contributed by atoms with Crippen molar-refractivity contribution < 1.29 is 0 Å². The van der Waals surface area contributed by atoms with E-state index in [-0.39, 0.29) is 0 Å². The van der Waals surface area contributed by atoms with E-state index in [1.165, 1.54) is 11.1 Å². The molecule has 0 saturated heterocycles. The summed E-state index contributed by atoms with van der Waals surface area (Å²) in [5.41, 5.74) is 6.46. The van der Waals surface area contributed by atoms with Crippen LogP contribution in [-0.4, -0.2) is 0 Å². The lowest BCUT2D eigenvalue weighted by molar-refractivity contribution is 1.21. The monoisotopic (exact) mass is 286 g/mol. The maximum Gasteiger partial charge on any atom is 0.0935 e. The van der Waals surface area contributed by atoms with Crippen molar-refractivity contribution in [3.05, 3.63) is 83.9 Å². The summed E-state index contributed by atoms with van der Waals surface area (Å²) in [7, 11) is 0. The highest BCUT2D eigenvalue weighted by molar-refractivity contribution is 5.77. The summed E-state index contributed by atoms with van der Waals surface area (Å²) in [6.45, 7) is 4.16. The fourth-order valence-corrected chi connectivity index (χ4v) is 2.45. The van der Waals surface area contributed by atoms with Crippen LogP contribution in [-0.2, 0) is 0 Å². The van der Waals surface area contributed by atoms with Gasteiger partial charge in [-0.05, 0) is 42.7 Å². The number of benzene rings is 3. The third kappa shape index (κ3) is 2.96. The van der Waals surface area contributed by atoms with Gasteiger partial charge in [-0.15, -0.1) is 5.11 Å². The molecule has 0 fully saturated rings. The Morgan fingerprint density at radius 2 is 1.00 bits per heavy atom. The molecule has 0 spiro atoms. The van der Waals surface area contributed by atoms with E-state index in [2.05, 4.69) is 47.5 Å². The quantitative estimate of drug-likeness (QED) is 0.499. The van der Waals surface area contributed by atoms with Gasteiger partial charge in [-0.25, -0.2) is 0 Å². The Morgan fingerprint density at radius 1 is 0.500 bits per heavy atom. The number of nitrogens with zero attached hydrogens (tertiary/aromatic N) is 2. The molecule has 3 aromatic carbocycles. The summed E-state index contributed by atoms with van der Waals surface area (Å²) in [6, 6.07) is 24.5. The fraction of sp³-hybridized carbons (Fsp3) is 0.100. The molecular weight excluding hydrogens is 268 g/mol. The minimum Gasteiger partial charge on any atom is -0.150 e. The van der Waals surface area contributed by atoms with Crippen LogP contribution in [0.25, 0.3) is 11.1 Å². The van der Waals surface area contributed by atoms with Crippen molar-refractivity contribution in [2.45, 2.75) is 13.8 Å². The second-order valence-electron chi connectivity index (χ2n) is 5.32. The van der Waals surface area contributed by atoms with Crippen molar-refractivity contribution in [2.24, 2.45) is 10.2 Å². The Labute approximate surface area is 131 Å². The first-order valence-electron chi connectivity index (χ1n) is 7.38. The summed E-state index contributed by atoms with van der Waals surface area (Å²) in [5.74, 6) is 0. The van der Waals surface area contributed by atoms with Crippen LogP contribution in [0.2, 0.25) is 0 Å². The molecule has 0 aromatic heterocycles. The molecule has 0 radical (unpaired) electrons. The van der Waals surface area contributed by atoms with Gasteiger partial charge in [0.15, 0.2) is 0 Å². The zero-order valence-corrected chi connectivity index (χ0v) is 12.8. The van der Waals surface area contributed by atoms with Crippen LogP contribution in [0.3, 0.4) is 0 Å². The molecule has 0 heterocycles. The first kappa shape index (κ1) is 14.2. The molecule has 0 saturated carbocycles. The molecule has 0 atom stereocenters. The second-order valence-corrected chi connectivity index (χ2v) is 5.32. The van der Waals surface area contributed by atoms with Crippen molar-refractivity contribution in [1.29, 1.82) is 0 Å². The van der Waals surface area contributed by atoms with Crippen molar-refractivity contribution in [1.82, 2.24) is 0 Å². The molecule has 0 aliphatic carbocycles. The fourth-order valence-electron chi connectivity index (χ4n) is 2.45. The van der Waals surface area contributed by atoms with Crippen molar-refractivity contribution >= 4 is 11.4 Å². The molecule has 0 bridgehead atoms. The molecule has 0 unspecified atom stereocenters. The Bertz CT molecular complexity index is 819. The van der Waals surface area contributed by atoms with Gasteiger partial charge < -0.3 is 0 Å². The molecule has 3 aromatic rings. The van der Waals surface area contributed by atoms with Crippen LogP contribution in [0.4, 0.5) is 11.4 Å². The lowest BCUT2D eigenvalue weighted by Gasteiger charge is -2.08. The van der Waals surface area contributed by atoms with Crippen LogP contribution in [0.1, 0.15) is 11.1 Å². The van der Waals surface area contributed by atoms with Crippen LogP contribution in [0.5, 0.6) is 0 Å². The van der Waals surface area contributed by atoms with Gasteiger partial charge in [-0.1, -0.05) is 60.7 Å². The SMILES string of the molecule is Cc1ccccc1N=Nc1ccccc1-c1ccccc1C. The van der Waals surface area contributed by atoms with Gasteiger partial charge in [-0.2, -0.15) is 5.11 Å². The lowest BCUT2D eigenvalue weighted by Crippen LogP contribution is -1.83. The summed E-state index contributed by atoms with van der Waals surface area (Å²) in [6.07, 6.45) is 0. The molecule has 108 valence electrons. The maximum atomic E-state index is 4.48. The number of rotatable bonds is 3. The average molecular weight is 286 g/mol. The zero-order valence-electron chi connectivity index (χ0n) is 12.8. The maximum absolute atomic E-state index is 4.48. The largest absolute Gasteiger partial charge is 0.150 e. The summed E-state index contributed by atoms with van der Waals surface area (Å²) < 4.78 is 0. The van der Waals surface area contributed by atoms with Gasteiger partial charge in [0.2, 0.25) is 0 Å². The lowest BCUT2D eigenvalue weighted by atomic mass is 9.99. The molecule has 2 nitrogen and oxygen atoms in total. The summed E-state index contributed by atoms with van der Waals surface area (Å²) in [4.78, 5) is 0. The molecule has 0 amide bonds. The predicted molar refractivity (Wildman–Crippen MR) is 92.0 cm³/mol. The molecule has 3 rings (SSSR count). The Kier molecular flexibility index (Phi) is 4.10. The molecule has 0 aliphatic rings. The number of aryl methyl sites for hydroxylation is 2. The molecule has 2 heteroatoms. The topological polar surface area (TPSA) is 24.7 Å². The van der Waals surface area contributed by atoms with E-state index in [0.29, 0.717) is 0 Å². The molecule has 22 heavy (non-hydrogen) atoms. The number of hydrogen-bond donors (Lipinski definition) is 0. The summed E-state index contributed by atoms with van der Waals surface area (Å²) in [5, 5.41) is 8.90. The molecular formula is C20H18N2. The van der Waals surface area contributed by atoms with E-state index >= 15 is 0 Å². The Hall–Kier alpha value is -2.74. The third-order valence-electron chi connectivity index (χ3n) is 3.72. The van der Waals surface area contributed by atoms with Crippen LogP contribution < -0.4 is 0 Å². The van der Waals surface area contributed by atoms with Gasteiger partial charge in [0.1, 0.15) is 0 Å². The average Bonchev–Trinajstić information content (AvgIpc) is 2.55. The van der Waals surface area contributed by atoms with E-state index in [1.54, 1.807) is 0 Å². The van der Waals surface area contributed by atoms with Gasteiger partial charge in [-0.3, -0.25) is 0 Å². The van der Waals surface area contributed by atoms with Gasteiger partial charge in [0.25, 0.3) is 0 Å². The van der Waals surface area contributed by atoms with E-state index in [9.17, 15) is 0 Å². The first-order chi connectivity index (χ1) is 10.8. The van der Waals surface area contributed by atoms with Crippen LogP contribution >= 0.6 is 0 Å². The molecule has 0 N–H and O–H groups in total. The van der Waals surface area contributed by atoms with Gasteiger partial charge in [0.05, 0.1) is 11.4 Å². The van der Waals surface area contributed by atoms with Gasteiger partial charge in [0, 0.05) is 5.56 Å². The van der Waals surface area contributed by atoms with E-state index in [4.69, 9.17) is 0 Å². The third-order valence-corrected chi connectivity index (χ3v) is 3.72. The van der Waals surface area contributed by atoms with Crippen molar-refractivity contribution in [3.63, 3.8) is 0 Å².